The molecule has 4 unspecified atom stereocenters. The van der Waals surface area contributed by atoms with Crippen molar-refractivity contribution in [3.05, 3.63) is 24.3 Å². The zero-order valence-corrected chi connectivity index (χ0v) is 12.6. The molecule has 0 heterocycles. The van der Waals surface area contributed by atoms with Crippen molar-refractivity contribution in [3.8, 4) is 5.75 Å². The molecule has 1 amide bonds. The lowest BCUT2D eigenvalue weighted by Crippen LogP contribution is -2.41. The molecule has 0 aliphatic heterocycles. The number of fused-ring (bicyclic) bond motifs is 1. The lowest BCUT2D eigenvalue weighted by Gasteiger charge is -2.38. The highest BCUT2D eigenvalue weighted by Crippen LogP contribution is 2.63. The number of amides is 1. The topological polar surface area (TPSA) is 38.3 Å². The van der Waals surface area contributed by atoms with E-state index in [1.54, 1.807) is 7.11 Å². The van der Waals surface area contributed by atoms with Crippen molar-refractivity contribution >= 4 is 11.6 Å². The van der Waals surface area contributed by atoms with Gasteiger partial charge in [-0.25, -0.2) is 0 Å². The van der Waals surface area contributed by atoms with E-state index in [9.17, 15) is 4.79 Å². The van der Waals surface area contributed by atoms with Crippen LogP contribution in [-0.2, 0) is 4.79 Å². The molecule has 0 spiro atoms. The van der Waals surface area contributed by atoms with E-state index in [-0.39, 0.29) is 11.3 Å². The summed E-state index contributed by atoms with van der Waals surface area (Å²) in [4.78, 5) is 12.9. The molecule has 1 N–H and O–H groups in total. The molecule has 4 atom stereocenters. The molecule has 0 radical (unpaired) electrons. The third kappa shape index (κ3) is 1.97. The van der Waals surface area contributed by atoms with E-state index in [1.807, 2.05) is 24.3 Å². The van der Waals surface area contributed by atoms with Crippen molar-refractivity contribution in [1.29, 1.82) is 0 Å². The lowest BCUT2D eigenvalue weighted by atomic mass is 9.67. The number of methoxy groups -OCH3 is 1. The smallest absolute Gasteiger partial charge is 0.230 e. The van der Waals surface area contributed by atoms with Crippen LogP contribution in [0.25, 0.3) is 0 Å². The largest absolute Gasteiger partial charge is 0.497 e. The molecule has 2 bridgehead atoms. The third-order valence-electron chi connectivity index (χ3n) is 6.26. The van der Waals surface area contributed by atoms with Gasteiger partial charge in [0.05, 0.1) is 12.5 Å². The second-order valence-electron chi connectivity index (χ2n) is 7.12. The van der Waals surface area contributed by atoms with Gasteiger partial charge in [-0.1, -0.05) is 0 Å². The van der Waals surface area contributed by atoms with Gasteiger partial charge in [-0.3, -0.25) is 4.79 Å². The van der Waals surface area contributed by atoms with Crippen LogP contribution in [0.3, 0.4) is 0 Å². The van der Waals surface area contributed by atoms with Crippen molar-refractivity contribution in [3.63, 3.8) is 0 Å². The Kier molecular flexibility index (Phi) is 2.98. The molecule has 1 aromatic rings. The third-order valence-corrected chi connectivity index (χ3v) is 6.26. The lowest BCUT2D eigenvalue weighted by molar-refractivity contribution is -0.129. The van der Waals surface area contributed by atoms with Gasteiger partial charge in [0.1, 0.15) is 5.75 Å². The molecular weight excluding hydrogens is 262 g/mol. The van der Waals surface area contributed by atoms with Crippen LogP contribution in [0.15, 0.2) is 24.3 Å². The summed E-state index contributed by atoms with van der Waals surface area (Å²) >= 11 is 0. The Morgan fingerprint density at radius 1 is 1.19 bits per heavy atom. The Labute approximate surface area is 126 Å². The van der Waals surface area contributed by atoms with Crippen LogP contribution in [0.4, 0.5) is 5.69 Å². The number of anilines is 1. The van der Waals surface area contributed by atoms with Gasteiger partial charge in [-0.15, -0.1) is 0 Å². The quantitative estimate of drug-likeness (QED) is 0.916. The van der Waals surface area contributed by atoms with Gasteiger partial charge in [-0.05, 0) is 80.5 Å². The average Bonchev–Trinajstić information content (AvgIpc) is 3.02. The van der Waals surface area contributed by atoms with Crippen LogP contribution in [0.1, 0.15) is 38.5 Å². The fourth-order valence-electron chi connectivity index (χ4n) is 5.20. The summed E-state index contributed by atoms with van der Waals surface area (Å²) in [5, 5.41) is 3.17. The maximum absolute atomic E-state index is 12.9. The summed E-state index contributed by atoms with van der Waals surface area (Å²) < 4.78 is 5.17. The molecule has 4 rings (SSSR count). The predicted octanol–water partition coefficient (Wildman–Crippen LogP) is 3.85. The maximum Gasteiger partial charge on any atom is 0.230 e. The molecule has 0 saturated heterocycles. The first kappa shape index (κ1) is 13.2. The maximum atomic E-state index is 12.9. The normalized spacial score (nSPS) is 36.5. The number of ether oxygens (including phenoxy) is 1. The Balaban J connectivity index is 1.54. The van der Waals surface area contributed by atoms with E-state index in [0.717, 1.165) is 36.1 Å². The van der Waals surface area contributed by atoms with Gasteiger partial charge in [0.25, 0.3) is 0 Å². The highest BCUT2D eigenvalue weighted by molar-refractivity contribution is 5.96. The summed E-state index contributed by atoms with van der Waals surface area (Å²) in [6, 6.07) is 7.66. The minimum atomic E-state index is -0.0718. The van der Waals surface area contributed by atoms with Crippen LogP contribution < -0.4 is 10.1 Å². The van der Waals surface area contributed by atoms with E-state index in [0.29, 0.717) is 5.92 Å². The van der Waals surface area contributed by atoms with E-state index >= 15 is 0 Å². The van der Waals surface area contributed by atoms with Gasteiger partial charge < -0.3 is 10.1 Å². The van der Waals surface area contributed by atoms with Crippen LogP contribution in [0, 0.1) is 23.2 Å². The highest BCUT2D eigenvalue weighted by atomic mass is 16.5. The predicted molar refractivity (Wildman–Crippen MR) is 82.2 cm³/mol. The Bertz CT molecular complexity index is 553. The molecule has 3 heteroatoms. The number of hydrogen-bond donors (Lipinski definition) is 1. The summed E-state index contributed by atoms with van der Waals surface area (Å²) in [7, 11) is 1.66. The Hall–Kier alpha value is -1.51. The summed E-state index contributed by atoms with van der Waals surface area (Å²) in [6.07, 6.45) is 7.38. The molecular formula is C18H23NO2. The average molecular weight is 285 g/mol. The minimum Gasteiger partial charge on any atom is -0.497 e. The molecule has 3 saturated carbocycles. The molecule has 0 aromatic heterocycles. The van der Waals surface area contributed by atoms with Crippen molar-refractivity contribution < 1.29 is 9.53 Å². The number of nitrogens with one attached hydrogen (secondary N) is 1. The fourth-order valence-corrected chi connectivity index (χ4v) is 5.20. The molecule has 1 aromatic carbocycles. The monoisotopic (exact) mass is 285 g/mol. The van der Waals surface area contributed by atoms with Crippen LogP contribution in [0.2, 0.25) is 0 Å². The molecule has 3 fully saturated rings. The Morgan fingerprint density at radius 2 is 1.95 bits per heavy atom. The summed E-state index contributed by atoms with van der Waals surface area (Å²) in [6.45, 7) is 0. The van der Waals surface area contributed by atoms with E-state index < -0.39 is 0 Å². The SMILES string of the molecule is COc1ccc(NC(=O)C23CCC4CC(CC2)C3C4)cc1. The van der Waals surface area contributed by atoms with Crippen molar-refractivity contribution in [2.75, 3.05) is 12.4 Å². The first-order chi connectivity index (χ1) is 10.2. The van der Waals surface area contributed by atoms with E-state index in [1.165, 1.54) is 25.7 Å². The van der Waals surface area contributed by atoms with Gasteiger partial charge in [0.15, 0.2) is 0 Å². The second kappa shape index (κ2) is 4.75. The minimum absolute atomic E-state index is 0.0718. The fraction of sp³-hybridized carbons (Fsp3) is 0.611. The zero-order chi connectivity index (χ0) is 14.4. The number of rotatable bonds is 3. The second-order valence-corrected chi connectivity index (χ2v) is 7.12. The van der Waals surface area contributed by atoms with E-state index in [4.69, 9.17) is 4.74 Å². The molecule has 21 heavy (non-hydrogen) atoms. The summed E-state index contributed by atoms with van der Waals surface area (Å²) in [5.74, 6) is 3.46. The molecule has 3 nitrogen and oxygen atoms in total. The van der Waals surface area contributed by atoms with Crippen LogP contribution in [-0.4, -0.2) is 13.0 Å². The van der Waals surface area contributed by atoms with Gasteiger partial charge in [0, 0.05) is 5.69 Å². The number of hydrogen-bond acceptors (Lipinski definition) is 2. The number of carbonyl (C=O) groups excluding carboxylic acids is 1. The van der Waals surface area contributed by atoms with Crippen LogP contribution >= 0.6 is 0 Å². The highest BCUT2D eigenvalue weighted by Gasteiger charge is 2.59. The van der Waals surface area contributed by atoms with Crippen molar-refractivity contribution in [1.82, 2.24) is 0 Å². The standard InChI is InChI=1S/C18H23NO2/c1-21-15-4-2-14(3-5-15)19-17(20)18-8-6-12-10-13(7-9-18)16(18)11-12/h2-5,12-13,16H,6-11H2,1H3,(H,19,20). The number of benzene rings is 1. The van der Waals surface area contributed by atoms with Crippen LogP contribution in [0.5, 0.6) is 5.75 Å². The van der Waals surface area contributed by atoms with E-state index in [2.05, 4.69) is 5.32 Å². The molecule has 3 aliphatic rings. The Morgan fingerprint density at radius 3 is 2.71 bits per heavy atom. The van der Waals surface area contributed by atoms with Crippen molar-refractivity contribution in [2.24, 2.45) is 23.2 Å². The zero-order valence-electron chi connectivity index (χ0n) is 12.6. The first-order valence-corrected chi connectivity index (χ1v) is 8.17. The number of carbonyl (C=O) groups is 1. The molecule has 112 valence electrons. The van der Waals surface area contributed by atoms with Gasteiger partial charge in [-0.2, -0.15) is 0 Å². The van der Waals surface area contributed by atoms with Crippen molar-refractivity contribution in [2.45, 2.75) is 38.5 Å². The van der Waals surface area contributed by atoms with Gasteiger partial charge >= 0.3 is 0 Å². The first-order valence-electron chi connectivity index (χ1n) is 8.17. The summed E-state index contributed by atoms with van der Waals surface area (Å²) in [5.41, 5.74) is 0.816. The molecule has 3 aliphatic carbocycles. The van der Waals surface area contributed by atoms with Gasteiger partial charge in [0.2, 0.25) is 5.91 Å².